The molecule has 0 saturated carbocycles. The molecule has 0 radical (unpaired) electrons. The smallest absolute Gasteiger partial charge is 0.412 e. The highest BCUT2D eigenvalue weighted by atomic mass is 16.6. The summed E-state index contributed by atoms with van der Waals surface area (Å²) in [5.41, 5.74) is 6.52. The van der Waals surface area contributed by atoms with E-state index in [0.717, 1.165) is 16.7 Å². The fraction of sp³-hybridized carbons (Fsp3) is 0.297. The molecule has 0 aliphatic rings. The van der Waals surface area contributed by atoms with Gasteiger partial charge in [0.15, 0.2) is 0 Å². The number of amides is 2. The Hall–Kier alpha value is -4.82. The Balaban J connectivity index is 1.47. The van der Waals surface area contributed by atoms with Crippen LogP contribution in [0.1, 0.15) is 49.9 Å². The number of anilines is 1. The first-order valence-electron chi connectivity index (χ1n) is 15.1. The summed E-state index contributed by atoms with van der Waals surface area (Å²) in [5.74, 6) is 1.31. The molecule has 0 saturated heterocycles. The number of benzene rings is 4. The standard InChI is InChI=1S/C37H43N3O5/c1-26-31(14-10-16-34(26)29-12-7-6-8-13-29)25-43-33-18-17-30(23-38-19-20-39-27(2)41)35(22-33)44-24-28-11-9-15-32(21-28)40-36(42)45-37(3,4)5/h6-18,21-22,38H,19-20,23-25H2,1-5H3,(H,39,41)(H,40,42). The van der Waals surface area contributed by atoms with Crippen molar-refractivity contribution in [2.75, 3.05) is 18.4 Å². The van der Waals surface area contributed by atoms with Gasteiger partial charge >= 0.3 is 6.09 Å². The van der Waals surface area contributed by atoms with Crippen LogP contribution in [0, 0.1) is 6.92 Å². The van der Waals surface area contributed by atoms with E-state index >= 15 is 0 Å². The van der Waals surface area contributed by atoms with Crippen LogP contribution < -0.4 is 25.4 Å². The number of rotatable bonds is 13. The minimum Gasteiger partial charge on any atom is -0.489 e. The molecule has 0 bridgehead atoms. The molecule has 0 aliphatic heterocycles. The van der Waals surface area contributed by atoms with Crippen LogP contribution in [-0.2, 0) is 29.3 Å². The zero-order valence-corrected chi connectivity index (χ0v) is 26.7. The molecular weight excluding hydrogens is 566 g/mol. The fourth-order valence-corrected chi connectivity index (χ4v) is 4.71. The van der Waals surface area contributed by atoms with E-state index in [1.807, 2.05) is 75.4 Å². The first-order chi connectivity index (χ1) is 21.6. The van der Waals surface area contributed by atoms with Gasteiger partial charge in [-0.1, -0.05) is 66.7 Å². The summed E-state index contributed by atoms with van der Waals surface area (Å²) in [4.78, 5) is 23.5. The van der Waals surface area contributed by atoms with Crippen LogP contribution >= 0.6 is 0 Å². The van der Waals surface area contributed by atoms with Gasteiger partial charge in [-0.3, -0.25) is 10.1 Å². The summed E-state index contributed by atoms with van der Waals surface area (Å²) >= 11 is 0. The number of ether oxygens (including phenoxy) is 3. The van der Waals surface area contributed by atoms with Gasteiger partial charge in [0, 0.05) is 43.9 Å². The van der Waals surface area contributed by atoms with Gasteiger partial charge in [-0.05, 0) is 73.7 Å². The Morgan fingerprint density at radius 1 is 0.778 bits per heavy atom. The van der Waals surface area contributed by atoms with Crippen LogP contribution in [0.2, 0.25) is 0 Å². The van der Waals surface area contributed by atoms with Gasteiger partial charge in [0.1, 0.15) is 30.3 Å². The second kappa shape index (κ2) is 15.8. The molecule has 0 fully saturated rings. The van der Waals surface area contributed by atoms with Crippen LogP contribution in [0.15, 0.2) is 91.0 Å². The van der Waals surface area contributed by atoms with Crippen molar-refractivity contribution < 1.29 is 23.8 Å². The molecule has 0 atom stereocenters. The van der Waals surface area contributed by atoms with E-state index in [1.165, 1.54) is 23.6 Å². The molecule has 4 rings (SSSR count). The summed E-state index contributed by atoms with van der Waals surface area (Å²) in [5, 5.41) is 8.93. The van der Waals surface area contributed by atoms with Gasteiger partial charge in [0.05, 0.1) is 0 Å². The Bertz CT molecular complexity index is 1580. The average Bonchev–Trinajstić information content (AvgIpc) is 2.99. The molecule has 0 aromatic heterocycles. The van der Waals surface area contributed by atoms with Crippen LogP contribution in [0.5, 0.6) is 11.5 Å². The molecule has 0 heterocycles. The first kappa shape index (κ1) is 33.1. The zero-order chi connectivity index (χ0) is 32.2. The zero-order valence-electron chi connectivity index (χ0n) is 26.7. The summed E-state index contributed by atoms with van der Waals surface area (Å²) in [6.45, 7) is 11.5. The fourth-order valence-electron chi connectivity index (χ4n) is 4.71. The molecule has 45 heavy (non-hydrogen) atoms. The molecule has 8 nitrogen and oxygen atoms in total. The Labute approximate surface area is 266 Å². The van der Waals surface area contributed by atoms with Crippen molar-refractivity contribution in [3.8, 4) is 22.6 Å². The Kier molecular flexibility index (Phi) is 11.6. The van der Waals surface area contributed by atoms with Gasteiger partial charge in [-0.25, -0.2) is 4.79 Å². The third kappa shape index (κ3) is 10.7. The maximum Gasteiger partial charge on any atom is 0.412 e. The van der Waals surface area contributed by atoms with Crippen LogP contribution in [-0.4, -0.2) is 30.7 Å². The highest BCUT2D eigenvalue weighted by Gasteiger charge is 2.16. The quantitative estimate of drug-likeness (QED) is 0.137. The Morgan fingerprint density at radius 2 is 1.56 bits per heavy atom. The molecule has 4 aromatic carbocycles. The topological polar surface area (TPSA) is 97.9 Å². The molecule has 0 spiro atoms. The molecular formula is C37H43N3O5. The number of hydrogen-bond acceptors (Lipinski definition) is 6. The number of nitrogens with one attached hydrogen (secondary N) is 3. The lowest BCUT2D eigenvalue weighted by atomic mass is 9.97. The number of hydrogen-bond donors (Lipinski definition) is 3. The maximum atomic E-state index is 12.3. The third-order valence-corrected chi connectivity index (χ3v) is 6.92. The van der Waals surface area contributed by atoms with Crippen molar-refractivity contribution in [1.82, 2.24) is 10.6 Å². The molecule has 0 unspecified atom stereocenters. The molecule has 8 heteroatoms. The minimum atomic E-state index is -0.589. The summed E-state index contributed by atoms with van der Waals surface area (Å²) in [6, 6.07) is 29.9. The van der Waals surface area contributed by atoms with Gasteiger partial charge in [-0.15, -0.1) is 0 Å². The third-order valence-electron chi connectivity index (χ3n) is 6.92. The SMILES string of the molecule is CC(=O)NCCNCc1ccc(OCc2cccc(-c3ccccc3)c2C)cc1OCc1cccc(NC(=O)OC(C)(C)C)c1. The summed E-state index contributed by atoms with van der Waals surface area (Å²) in [7, 11) is 0. The van der Waals surface area contributed by atoms with Crippen molar-refractivity contribution in [3.05, 3.63) is 113 Å². The number of carbonyl (C=O) groups excluding carboxylic acids is 2. The lowest BCUT2D eigenvalue weighted by molar-refractivity contribution is -0.118. The predicted molar refractivity (Wildman–Crippen MR) is 178 cm³/mol. The molecule has 3 N–H and O–H groups in total. The van der Waals surface area contributed by atoms with Crippen molar-refractivity contribution >= 4 is 17.7 Å². The molecule has 2 amide bonds. The van der Waals surface area contributed by atoms with Crippen molar-refractivity contribution in [3.63, 3.8) is 0 Å². The van der Waals surface area contributed by atoms with Gasteiger partial charge < -0.3 is 24.8 Å². The van der Waals surface area contributed by atoms with Gasteiger partial charge in [0.2, 0.25) is 5.91 Å². The highest BCUT2D eigenvalue weighted by Crippen LogP contribution is 2.29. The molecule has 236 valence electrons. The number of carbonyl (C=O) groups is 2. The van der Waals surface area contributed by atoms with Crippen LogP contribution in [0.25, 0.3) is 11.1 Å². The molecule has 4 aromatic rings. The second-order valence-corrected chi connectivity index (χ2v) is 11.8. The summed E-state index contributed by atoms with van der Waals surface area (Å²) in [6.07, 6.45) is -0.511. The van der Waals surface area contributed by atoms with E-state index in [9.17, 15) is 9.59 Å². The van der Waals surface area contributed by atoms with E-state index in [-0.39, 0.29) is 12.5 Å². The van der Waals surface area contributed by atoms with E-state index in [4.69, 9.17) is 14.2 Å². The average molecular weight is 610 g/mol. The predicted octanol–water partition coefficient (Wildman–Crippen LogP) is 7.39. The van der Waals surface area contributed by atoms with Crippen molar-refractivity contribution in [2.45, 2.75) is 60.0 Å². The second-order valence-electron chi connectivity index (χ2n) is 11.8. The Morgan fingerprint density at radius 3 is 2.31 bits per heavy atom. The largest absolute Gasteiger partial charge is 0.489 e. The van der Waals surface area contributed by atoms with E-state index in [1.54, 1.807) is 6.07 Å². The van der Waals surface area contributed by atoms with Gasteiger partial charge in [0.25, 0.3) is 0 Å². The van der Waals surface area contributed by atoms with Crippen molar-refractivity contribution in [1.29, 1.82) is 0 Å². The maximum absolute atomic E-state index is 12.3. The highest BCUT2D eigenvalue weighted by molar-refractivity contribution is 5.85. The van der Waals surface area contributed by atoms with Gasteiger partial charge in [-0.2, -0.15) is 0 Å². The van der Waals surface area contributed by atoms with E-state index in [2.05, 4.69) is 53.2 Å². The molecule has 0 aliphatic carbocycles. The van der Waals surface area contributed by atoms with E-state index < -0.39 is 11.7 Å². The lowest BCUT2D eigenvalue weighted by Crippen LogP contribution is -2.30. The lowest BCUT2D eigenvalue weighted by Gasteiger charge is -2.20. The van der Waals surface area contributed by atoms with Crippen LogP contribution in [0.4, 0.5) is 10.5 Å². The normalized spacial score (nSPS) is 11.0. The van der Waals surface area contributed by atoms with Crippen molar-refractivity contribution in [2.24, 2.45) is 0 Å². The first-order valence-corrected chi connectivity index (χ1v) is 15.1. The monoisotopic (exact) mass is 609 g/mol. The minimum absolute atomic E-state index is 0.0599. The summed E-state index contributed by atoms with van der Waals surface area (Å²) < 4.78 is 18.0. The van der Waals surface area contributed by atoms with E-state index in [0.29, 0.717) is 43.4 Å². The van der Waals surface area contributed by atoms with Crippen LogP contribution in [0.3, 0.4) is 0 Å².